The van der Waals surface area contributed by atoms with Gasteiger partial charge in [-0.1, -0.05) is 60.8 Å². The molecule has 0 aliphatic heterocycles. The Bertz CT molecular complexity index is 1330. The van der Waals surface area contributed by atoms with Crippen LogP contribution in [0.2, 0.25) is 0 Å². The van der Waals surface area contributed by atoms with Crippen molar-refractivity contribution in [1.29, 1.82) is 0 Å². The van der Waals surface area contributed by atoms with Crippen LogP contribution in [0.3, 0.4) is 0 Å². The summed E-state index contributed by atoms with van der Waals surface area (Å²) in [5.74, 6) is 4.24. The number of anilines is 1. The number of non-ortho nitro benzene ring substituents is 1. The lowest BCUT2D eigenvalue weighted by atomic mass is 9.46. The van der Waals surface area contributed by atoms with Gasteiger partial charge in [0.1, 0.15) is 11.5 Å². The van der Waals surface area contributed by atoms with Crippen LogP contribution in [0.25, 0.3) is 0 Å². The Kier molecular flexibility index (Phi) is 9.50. The number of rotatable bonds is 13. The number of ketones is 1. The largest absolute Gasteiger partial charge is 0.301 e. The van der Waals surface area contributed by atoms with Crippen LogP contribution in [0, 0.1) is 77.9 Å². The molecule has 4 aliphatic carbocycles. The first-order valence-electron chi connectivity index (χ1n) is 17.5. The standard InChI is InChI=1S/C36H54N4O5/c1-7-35-17-14-29(34(6)16-13-24(4)19-33(34)41)28(30(35)20-26-22-36(26,35)25(5)10-8-9-23(2)3)15-18-37-38-31-12-11-27(39(42)43)21-32(31)40(44)45/h11-12,18,21,23-26,28-30,38H,7-10,13-17,19-20,22H2,1-6H3/b37-18+/t24?,25-,26?,28-,29+,30?,34-,35+,36?/m1/s1. The monoisotopic (exact) mass is 622 g/mol. The highest BCUT2D eigenvalue weighted by molar-refractivity contribution is 5.86. The normalized spacial score (nSPS) is 36.5. The van der Waals surface area contributed by atoms with Crippen LogP contribution in [-0.2, 0) is 4.79 Å². The van der Waals surface area contributed by atoms with E-state index in [1.165, 1.54) is 57.1 Å². The minimum absolute atomic E-state index is 0.129. The molecule has 1 N–H and O–H groups in total. The number of carbonyl (C=O) groups excluding carboxylic acids is 1. The highest BCUT2D eigenvalue weighted by Gasteiger charge is 2.76. The fraction of sp³-hybridized carbons (Fsp3) is 0.778. The van der Waals surface area contributed by atoms with Crippen molar-refractivity contribution in [2.75, 3.05) is 5.43 Å². The molecular weight excluding hydrogens is 568 g/mol. The van der Waals surface area contributed by atoms with Gasteiger partial charge in [-0.3, -0.25) is 30.4 Å². The van der Waals surface area contributed by atoms with Crippen molar-refractivity contribution in [1.82, 2.24) is 0 Å². The molecule has 9 atom stereocenters. The molecule has 45 heavy (non-hydrogen) atoms. The summed E-state index contributed by atoms with van der Waals surface area (Å²) in [4.78, 5) is 35.3. The minimum atomic E-state index is -0.638. The fourth-order valence-corrected chi connectivity index (χ4v) is 11.0. The predicted molar refractivity (Wildman–Crippen MR) is 178 cm³/mol. The average Bonchev–Trinajstić information content (AvgIpc) is 3.65. The maximum atomic E-state index is 13.8. The molecule has 0 saturated heterocycles. The molecule has 0 bridgehead atoms. The highest BCUT2D eigenvalue weighted by atomic mass is 16.6. The van der Waals surface area contributed by atoms with Gasteiger partial charge in [0.25, 0.3) is 5.69 Å². The van der Waals surface area contributed by atoms with E-state index in [-0.39, 0.29) is 27.9 Å². The van der Waals surface area contributed by atoms with Crippen LogP contribution in [0.5, 0.6) is 0 Å². The molecule has 0 spiro atoms. The molecule has 248 valence electrons. The van der Waals surface area contributed by atoms with E-state index in [4.69, 9.17) is 0 Å². The van der Waals surface area contributed by atoms with E-state index < -0.39 is 9.85 Å². The number of Topliss-reactive ketones (excluding diaryl/α,β-unsaturated/α-hetero) is 1. The van der Waals surface area contributed by atoms with Crippen LogP contribution < -0.4 is 5.43 Å². The van der Waals surface area contributed by atoms with Gasteiger partial charge < -0.3 is 0 Å². The first-order valence-corrected chi connectivity index (χ1v) is 17.5. The Hall–Kier alpha value is -2.84. The second kappa shape index (κ2) is 12.7. The molecule has 4 unspecified atom stereocenters. The van der Waals surface area contributed by atoms with Gasteiger partial charge in [-0.25, -0.2) is 0 Å². The van der Waals surface area contributed by atoms with Crippen molar-refractivity contribution in [3.05, 3.63) is 38.4 Å². The van der Waals surface area contributed by atoms with Crippen LogP contribution in [0.4, 0.5) is 17.1 Å². The van der Waals surface area contributed by atoms with Gasteiger partial charge in [0.2, 0.25) is 0 Å². The SMILES string of the molecule is CC[C@]12CC[C@H]([C@@]3(C)CCC(C)CC3=O)[C@@H](C/C=N/Nc3ccc([N+](=O)[O-])cc3[N+](=O)[O-])C1CC1CC12[C@H](C)CCCC(C)C. The summed E-state index contributed by atoms with van der Waals surface area (Å²) >= 11 is 0. The molecule has 5 rings (SSSR count). The average molecular weight is 623 g/mol. The van der Waals surface area contributed by atoms with Crippen LogP contribution in [-0.4, -0.2) is 21.8 Å². The maximum absolute atomic E-state index is 13.8. The van der Waals surface area contributed by atoms with Gasteiger partial charge in [0.05, 0.1) is 15.9 Å². The lowest BCUT2D eigenvalue weighted by Crippen LogP contribution is -2.53. The lowest BCUT2D eigenvalue weighted by Gasteiger charge is -2.58. The maximum Gasteiger partial charge on any atom is 0.301 e. The zero-order valence-electron chi connectivity index (χ0n) is 28.2. The molecule has 1 aromatic rings. The number of carbonyl (C=O) groups is 1. The number of nitrogens with zero attached hydrogens (tertiary/aromatic N) is 3. The fourth-order valence-electron chi connectivity index (χ4n) is 11.0. The molecule has 0 amide bonds. The molecule has 4 fully saturated rings. The summed E-state index contributed by atoms with van der Waals surface area (Å²) in [6.07, 6.45) is 15.2. The summed E-state index contributed by atoms with van der Waals surface area (Å²) in [5.41, 5.74) is 2.62. The summed E-state index contributed by atoms with van der Waals surface area (Å²) in [7, 11) is 0. The molecule has 0 aromatic heterocycles. The van der Waals surface area contributed by atoms with Crippen LogP contribution in [0.1, 0.15) is 119 Å². The van der Waals surface area contributed by atoms with Crippen LogP contribution in [0.15, 0.2) is 23.3 Å². The molecule has 0 radical (unpaired) electrons. The van der Waals surface area contributed by atoms with E-state index in [1.54, 1.807) is 0 Å². The number of hydrogen-bond acceptors (Lipinski definition) is 7. The van der Waals surface area contributed by atoms with Gasteiger partial charge in [-0.05, 0) is 110 Å². The number of nitro groups is 2. The number of fused-ring (bicyclic) bond motifs is 3. The summed E-state index contributed by atoms with van der Waals surface area (Å²) in [5, 5.41) is 27.3. The van der Waals surface area contributed by atoms with E-state index in [9.17, 15) is 25.0 Å². The quantitative estimate of drug-likeness (QED) is 0.132. The lowest BCUT2D eigenvalue weighted by molar-refractivity contribution is -0.393. The van der Waals surface area contributed by atoms with E-state index in [0.29, 0.717) is 53.6 Å². The molecule has 9 heteroatoms. The molecule has 4 aliphatic rings. The van der Waals surface area contributed by atoms with E-state index in [2.05, 4.69) is 52.1 Å². The van der Waals surface area contributed by atoms with Gasteiger partial charge in [0, 0.05) is 24.1 Å². The van der Waals surface area contributed by atoms with Gasteiger partial charge in [-0.2, -0.15) is 5.10 Å². The Morgan fingerprint density at radius 1 is 1.09 bits per heavy atom. The van der Waals surface area contributed by atoms with Gasteiger partial charge in [0.15, 0.2) is 0 Å². The summed E-state index contributed by atoms with van der Waals surface area (Å²) in [6, 6.07) is 3.56. The van der Waals surface area contributed by atoms with E-state index in [1.807, 2.05) is 6.21 Å². The number of hydrogen-bond donors (Lipinski definition) is 1. The second-order valence-electron chi connectivity index (χ2n) is 15.9. The smallest absolute Gasteiger partial charge is 0.299 e. The minimum Gasteiger partial charge on any atom is -0.299 e. The predicted octanol–water partition coefficient (Wildman–Crippen LogP) is 9.60. The number of nitro benzene ring substituents is 2. The zero-order chi connectivity index (χ0) is 32.7. The molecule has 4 saturated carbocycles. The Morgan fingerprint density at radius 3 is 2.49 bits per heavy atom. The first kappa shape index (κ1) is 33.5. The molecule has 1 aromatic carbocycles. The third kappa shape index (κ3) is 5.82. The summed E-state index contributed by atoms with van der Waals surface area (Å²) in [6.45, 7) is 14.0. The number of benzene rings is 1. The van der Waals surface area contributed by atoms with Gasteiger partial charge >= 0.3 is 5.69 Å². The third-order valence-corrected chi connectivity index (χ3v) is 13.4. The van der Waals surface area contributed by atoms with Crippen molar-refractivity contribution < 1.29 is 14.6 Å². The third-order valence-electron chi connectivity index (χ3n) is 13.4. The van der Waals surface area contributed by atoms with Gasteiger partial charge in [-0.15, -0.1) is 0 Å². The van der Waals surface area contributed by atoms with Crippen molar-refractivity contribution in [3.63, 3.8) is 0 Å². The Labute approximate surface area is 268 Å². The molecule has 9 nitrogen and oxygen atoms in total. The number of hydrazone groups is 1. The summed E-state index contributed by atoms with van der Waals surface area (Å²) < 4.78 is 0. The molecular formula is C36H54N4O5. The zero-order valence-corrected chi connectivity index (χ0v) is 28.2. The van der Waals surface area contributed by atoms with Crippen molar-refractivity contribution in [3.8, 4) is 0 Å². The topological polar surface area (TPSA) is 128 Å². The van der Waals surface area contributed by atoms with Crippen molar-refractivity contribution in [2.24, 2.45) is 62.8 Å². The van der Waals surface area contributed by atoms with E-state index >= 15 is 0 Å². The van der Waals surface area contributed by atoms with Crippen molar-refractivity contribution in [2.45, 2.75) is 119 Å². The number of nitrogens with one attached hydrogen (secondary N) is 1. The van der Waals surface area contributed by atoms with E-state index in [0.717, 1.165) is 37.2 Å². The second-order valence-corrected chi connectivity index (χ2v) is 15.9. The van der Waals surface area contributed by atoms with Crippen LogP contribution >= 0.6 is 0 Å². The first-order chi connectivity index (χ1) is 21.3. The Morgan fingerprint density at radius 2 is 1.84 bits per heavy atom. The molecule has 0 heterocycles. The highest BCUT2D eigenvalue weighted by Crippen LogP contribution is 2.83. The van der Waals surface area contributed by atoms with Crippen molar-refractivity contribution >= 4 is 29.1 Å². The Balaban J connectivity index is 1.42.